The second-order valence-corrected chi connectivity index (χ2v) is 30.4. The standard InChI is InChI=1S/C51H94N12O15SSi/c1-12-13-14-15-16-17-19-33-44(69)56-34(20-18-21-54-79(77,78)22-23-80(9,10)11)45(70)62-41(31(7)64)50(75)55-30(6)43(68)58-37(26-39(52)66)47(72)60-38(27-40(53)67)48(73)59-36(25-29(4)5)49(74)63-42(32(8)65)51(76)61-35(24-28(2)3)46(71)57-33/h28-38,41-42,54,64-65H,12-27H2,1-11H3,(H2,52,66)(H2,53,67)(H,55,75)(H,56,69)(H,57,71)(H,58,68)(H,59,73)(H,60,72)(H,61,76)(H,62,70)(H,63,74)/t30-,31+,32+,33+,34-,35+,36+,37-,38+,41-,42-/m0/s1. The Morgan fingerprint density at radius 1 is 0.512 bits per heavy atom. The molecule has 0 aromatic carbocycles. The van der Waals surface area contributed by atoms with E-state index < -0.39 is 163 Å². The molecule has 11 amide bonds. The minimum atomic E-state index is -3.75. The zero-order chi connectivity index (χ0) is 61.2. The third-order valence-electron chi connectivity index (χ3n) is 12.9. The summed E-state index contributed by atoms with van der Waals surface area (Å²) in [6.45, 7) is 18.3. The lowest BCUT2D eigenvalue weighted by Gasteiger charge is -2.29. The van der Waals surface area contributed by atoms with Gasteiger partial charge in [0.15, 0.2) is 0 Å². The summed E-state index contributed by atoms with van der Waals surface area (Å²) in [5.41, 5.74) is 10.8. The molecule has 29 heteroatoms. The Morgan fingerprint density at radius 3 is 1.30 bits per heavy atom. The van der Waals surface area contributed by atoms with Crippen molar-refractivity contribution in [1.82, 2.24) is 52.6 Å². The van der Waals surface area contributed by atoms with E-state index in [1.165, 1.54) is 6.92 Å². The lowest BCUT2D eigenvalue weighted by molar-refractivity contribution is -0.138. The zero-order valence-electron chi connectivity index (χ0n) is 48.6. The molecule has 1 aliphatic rings. The van der Waals surface area contributed by atoms with Crippen LogP contribution in [-0.4, -0.2) is 171 Å². The molecule has 1 aliphatic heterocycles. The van der Waals surface area contributed by atoms with Crippen LogP contribution in [0, 0.1) is 11.8 Å². The van der Waals surface area contributed by atoms with Gasteiger partial charge in [0, 0.05) is 14.6 Å². The van der Waals surface area contributed by atoms with Gasteiger partial charge >= 0.3 is 0 Å². The summed E-state index contributed by atoms with van der Waals surface area (Å²) in [6.07, 6.45) is -0.751. The molecule has 0 saturated carbocycles. The number of unbranched alkanes of at least 4 members (excludes halogenated alkanes) is 5. The molecule has 1 fully saturated rings. The molecule has 0 unspecified atom stereocenters. The monoisotopic (exact) mass is 1170 g/mol. The number of aliphatic hydroxyl groups excluding tert-OH is 2. The van der Waals surface area contributed by atoms with Crippen LogP contribution in [0.5, 0.6) is 0 Å². The molecule has 1 heterocycles. The van der Waals surface area contributed by atoms with Crippen molar-refractivity contribution >= 4 is 83.1 Å². The number of carbonyl (C=O) groups excluding carboxylic acids is 11. The molecule has 458 valence electrons. The van der Waals surface area contributed by atoms with Crippen molar-refractivity contribution in [1.29, 1.82) is 0 Å². The third kappa shape index (κ3) is 28.6. The number of carbonyl (C=O) groups is 11. The van der Waals surface area contributed by atoms with Gasteiger partial charge in [-0.05, 0) is 70.8 Å². The number of nitrogens with two attached hydrogens (primary N) is 2. The summed E-state index contributed by atoms with van der Waals surface area (Å²) >= 11 is 0. The molecule has 1 rings (SSSR count). The first-order chi connectivity index (χ1) is 37.1. The highest BCUT2D eigenvalue weighted by Crippen LogP contribution is 2.15. The fourth-order valence-corrected chi connectivity index (χ4v) is 12.4. The molecule has 0 aliphatic carbocycles. The first-order valence-electron chi connectivity index (χ1n) is 27.7. The van der Waals surface area contributed by atoms with Crippen molar-refractivity contribution in [3.63, 3.8) is 0 Å². The smallest absolute Gasteiger partial charge is 0.245 e. The van der Waals surface area contributed by atoms with Gasteiger partial charge < -0.3 is 69.5 Å². The highest BCUT2D eigenvalue weighted by Gasteiger charge is 2.38. The molecule has 0 aromatic rings. The van der Waals surface area contributed by atoms with E-state index in [9.17, 15) is 71.4 Å². The van der Waals surface area contributed by atoms with Crippen molar-refractivity contribution in [2.75, 3.05) is 12.3 Å². The zero-order valence-corrected chi connectivity index (χ0v) is 50.4. The number of nitrogens with one attached hydrogen (secondary N) is 10. The lowest BCUT2D eigenvalue weighted by atomic mass is 9.99. The van der Waals surface area contributed by atoms with Crippen molar-refractivity contribution in [3.05, 3.63) is 0 Å². The van der Waals surface area contributed by atoms with Crippen molar-refractivity contribution in [2.24, 2.45) is 23.3 Å². The van der Waals surface area contributed by atoms with Gasteiger partial charge in [-0.2, -0.15) is 0 Å². The Morgan fingerprint density at radius 2 is 0.863 bits per heavy atom. The molecule has 16 N–H and O–H groups in total. The molecule has 80 heavy (non-hydrogen) atoms. The Balaban J connectivity index is 4.11. The molecule has 0 aromatic heterocycles. The quantitative estimate of drug-likeness (QED) is 0.0340. The van der Waals surface area contributed by atoms with Crippen LogP contribution < -0.4 is 64.0 Å². The van der Waals surface area contributed by atoms with E-state index >= 15 is 0 Å². The predicted octanol–water partition coefficient (Wildman–Crippen LogP) is -2.22. The third-order valence-corrected chi connectivity index (χ3v) is 16.4. The first-order valence-corrected chi connectivity index (χ1v) is 33.1. The van der Waals surface area contributed by atoms with Gasteiger partial charge in [-0.3, -0.25) is 52.7 Å². The fraction of sp³-hybridized carbons (Fsp3) is 0.784. The number of aliphatic hydroxyl groups is 2. The normalized spacial score (nSPS) is 25.1. The summed E-state index contributed by atoms with van der Waals surface area (Å²) in [7, 11) is -5.52. The second kappa shape index (κ2) is 35.2. The first kappa shape index (κ1) is 72.2. The van der Waals surface area contributed by atoms with Crippen LogP contribution >= 0.6 is 0 Å². The van der Waals surface area contributed by atoms with E-state index in [4.69, 9.17) is 11.5 Å². The molecule has 27 nitrogen and oxygen atoms in total. The molecular weight excluding hydrogens is 1080 g/mol. The SMILES string of the molecule is CCCCCCCC[C@H]1NC(=O)[C@@H](CC(C)C)NC(=O)[C@H]([C@@H](C)O)NC(=O)[C@@H](CC(C)C)NC(=O)[C@@H](CC(N)=O)NC(=O)[C@H](CC(N)=O)NC(=O)[C@H](C)NC(=O)[C@H]([C@@H](C)O)NC(=O)[C@H](CCCNS(=O)(=O)CC[Si](C)(C)C)NC1=O. The van der Waals surface area contributed by atoms with E-state index in [1.807, 2.05) is 26.6 Å². The number of primary amides is 2. The summed E-state index contributed by atoms with van der Waals surface area (Å²) in [5.74, 6) is -12.5. The van der Waals surface area contributed by atoms with Crippen LogP contribution in [0.25, 0.3) is 0 Å². The lowest BCUT2D eigenvalue weighted by Crippen LogP contribution is -2.62. The molecular formula is C51H94N12O15SSi. The molecule has 1 saturated heterocycles. The molecule has 0 spiro atoms. The van der Waals surface area contributed by atoms with Crippen LogP contribution in [0.15, 0.2) is 0 Å². The average molecular weight is 1180 g/mol. The van der Waals surface area contributed by atoms with Gasteiger partial charge in [0.25, 0.3) is 0 Å². The van der Waals surface area contributed by atoms with Gasteiger partial charge in [0.2, 0.25) is 75.0 Å². The summed E-state index contributed by atoms with van der Waals surface area (Å²) in [6, 6.07) is -14.2. The maximum absolute atomic E-state index is 14.5. The van der Waals surface area contributed by atoms with Gasteiger partial charge in [0.1, 0.15) is 54.4 Å². The maximum Gasteiger partial charge on any atom is 0.245 e. The maximum atomic E-state index is 14.5. The van der Waals surface area contributed by atoms with E-state index in [0.29, 0.717) is 18.9 Å². The van der Waals surface area contributed by atoms with Crippen molar-refractivity contribution < 1.29 is 71.4 Å². The van der Waals surface area contributed by atoms with E-state index in [-0.39, 0.29) is 56.2 Å². The number of rotatable bonds is 25. The molecule has 0 bridgehead atoms. The van der Waals surface area contributed by atoms with Crippen molar-refractivity contribution in [3.8, 4) is 0 Å². The van der Waals surface area contributed by atoms with Gasteiger partial charge in [0.05, 0.1) is 30.8 Å². The average Bonchev–Trinajstić information content (AvgIpc) is 3.33. The van der Waals surface area contributed by atoms with Crippen LogP contribution in [0.2, 0.25) is 25.7 Å². The largest absolute Gasteiger partial charge is 0.391 e. The van der Waals surface area contributed by atoms with E-state index in [2.05, 4.69) is 52.6 Å². The van der Waals surface area contributed by atoms with Crippen LogP contribution in [0.3, 0.4) is 0 Å². The van der Waals surface area contributed by atoms with Gasteiger partial charge in [-0.25, -0.2) is 13.1 Å². The Hall–Kier alpha value is -5.78. The highest BCUT2D eigenvalue weighted by molar-refractivity contribution is 7.89. The number of amides is 11. The highest BCUT2D eigenvalue weighted by atomic mass is 32.2. The molecule has 11 atom stereocenters. The summed E-state index contributed by atoms with van der Waals surface area (Å²) in [5, 5.41) is 43.7. The van der Waals surface area contributed by atoms with E-state index in [0.717, 1.165) is 39.5 Å². The predicted molar refractivity (Wildman–Crippen MR) is 300 cm³/mol. The minimum Gasteiger partial charge on any atom is -0.391 e. The summed E-state index contributed by atoms with van der Waals surface area (Å²) < 4.78 is 28.4. The molecule has 0 radical (unpaired) electrons. The fourth-order valence-electron chi connectivity index (χ4n) is 8.27. The Bertz CT molecular complexity index is 2230. The van der Waals surface area contributed by atoms with E-state index in [1.54, 1.807) is 27.7 Å². The number of hydrogen-bond acceptors (Lipinski definition) is 15. The van der Waals surface area contributed by atoms with Crippen molar-refractivity contribution in [2.45, 2.75) is 231 Å². The number of sulfonamides is 1. The summed E-state index contributed by atoms with van der Waals surface area (Å²) in [4.78, 5) is 151. The Labute approximate surface area is 472 Å². The second-order valence-electron chi connectivity index (χ2n) is 22.9. The number of hydrogen-bond donors (Lipinski definition) is 14. The van der Waals surface area contributed by atoms with Gasteiger partial charge in [-0.1, -0.05) is 92.8 Å². The topological polar surface area (TPSA) is 435 Å². The van der Waals surface area contributed by atoms with Crippen LogP contribution in [0.1, 0.15) is 139 Å². The minimum absolute atomic E-state index is 0.0237. The van der Waals surface area contributed by atoms with Crippen LogP contribution in [-0.2, 0) is 62.8 Å². The Kier molecular flexibility index (Phi) is 31.7. The van der Waals surface area contributed by atoms with Gasteiger partial charge in [-0.15, -0.1) is 0 Å². The van der Waals surface area contributed by atoms with Crippen LogP contribution in [0.4, 0.5) is 0 Å².